The third-order valence-electron chi connectivity index (χ3n) is 3.61. The molecule has 3 nitrogen and oxygen atoms in total. The Kier molecular flexibility index (Phi) is 3.51. The quantitative estimate of drug-likeness (QED) is 0.783. The summed E-state index contributed by atoms with van der Waals surface area (Å²) in [5.41, 5.74) is 3.47. The molecule has 1 N–H and O–H groups in total. The van der Waals surface area contributed by atoms with Gasteiger partial charge in [-0.1, -0.05) is 18.2 Å². The van der Waals surface area contributed by atoms with Crippen molar-refractivity contribution >= 4 is 5.97 Å². The highest BCUT2D eigenvalue weighted by Crippen LogP contribution is 2.23. The van der Waals surface area contributed by atoms with Crippen LogP contribution in [0.4, 0.5) is 4.39 Å². The maximum atomic E-state index is 13.6. The number of carboxylic acid groups (broad SMARTS) is 1. The number of rotatable bonds is 3. The molecule has 0 aliphatic rings. The number of halogens is 1. The first-order valence-electron chi connectivity index (χ1n) is 6.83. The lowest BCUT2D eigenvalue weighted by Gasteiger charge is -2.04. The first-order chi connectivity index (χ1) is 10.5. The summed E-state index contributed by atoms with van der Waals surface area (Å²) in [6.07, 6.45) is 3.74. The molecule has 2 aromatic carbocycles. The van der Waals surface area contributed by atoms with E-state index in [0.717, 1.165) is 16.8 Å². The van der Waals surface area contributed by atoms with E-state index in [4.69, 9.17) is 5.11 Å². The van der Waals surface area contributed by atoms with Gasteiger partial charge in [-0.05, 0) is 53.9 Å². The third kappa shape index (κ3) is 2.63. The summed E-state index contributed by atoms with van der Waals surface area (Å²) >= 11 is 0. The lowest BCUT2D eigenvalue weighted by atomic mass is 10.1. The topological polar surface area (TPSA) is 42.2 Å². The molecule has 0 atom stereocenters. The Bertz CT molecular complexity index is 835. The molecule has 22 heavy (non-hydrogen) atoms. The summed E-state index contributed by atoms with van der Waals surface area (Å²) < 4.78 is 15.5. The molecule has 0 radical (unpaired) electrons. The fraction of sp³-hybridized carbons (Fsp3) is 0.0556. The first kappa shape index (κ1) is 14.1. The van der Waals surface area contributed by atoms with E-state index in [1.54, 1.807) is 37.3 Å². The molecule has 0 unspecified atom stereocenters. The normalized spacial score (nSPS) is 10.6. The zero-order valence-corrected chi connectivity index (χ0v) is 12.0. The summed E-state index contributed by atoms with van der Waals surface area (Å²) in [6, 6.07) is 13.7. The largest absolute Gasteiger partial charge is 0.478 e. The van der Waals surface area contributed by atoms with E-state index in [9.17, 15) is 9.18 Å². The maximum Gasteiger partial charge on any atom is 0.335 e. The predicted octanol–water partition coefficient (Wildman–Crippen LogP) is 4.29. The molecule has 0 aliphatic carbocycles. The molecule has 4 heteroatoms. The van der Waals surface area contributed by atoms with E-state index in [-0.39, 0.29) is 11.4 Å². The minimum absolute atomic E-state index is 0.237. The number of aromatic nitrogens is 1. The Morgan fingerprint density at radius 2 is 1.77 bits per heavy atom. The summed E-state index contributed by atoms with van der Waals surface area (Å²) in [7, 11) is 0. The van der Waals surface area contributed by atoms with Crippen LogP contribution >= 0.6 is 0 Å². The minimum Gasteiger partial charge on any atom is -0.478 e. The standard InChI is InChI=1S/C18H14FNO2/c1-12-2-7-16(10-17(12)19)20-9-8-15(11-20)13-3-5-14(6-4-13)18(21)22/h2-11H,1H3,(H,21,22). The Morgan fingerprint density at radius 1 is 1.05 bits per heavy atom. The Balaban J connectivity index is 1.93. The van der Waals surface area contributed by atoms with Gasteiger partial charge in [-0.2, -0.15) is 0 Å². The van der Waals surface area contributed by atoms with E-state index >= 15 is 0 Å². The van der Waals surface area contributed by atoms with Crippen molar-refractivity contribution in [1.29, 1.82) is 0 Å². The average Bonchev–Trinajstić information content (AvgIpc) is 3.00. The van der Waals surface area contributed by atoms with Crippen LogP contribution in [0.25, 0.3) is 16.8 Å². The minimum atomic E-state index is -0.945. The highest BCUT2D eigenvalue weighted by molar-refractivity contribution is 5.88. The number of aromatic carboxylic acids is 1. The lowest BCUT2D eigenvalue weighted by molar-refractivity contribution is 0.0697. The second kappa shape index (κ2) is 5.48. The predicted molar refractivity (Wildman–Crippen MR) is 82.9 cm³/mol. The van der Waals surface area contributed by atoms with Crippen molar-refractivity contribution in [3.05, 3.63) is 77.9 Å². The summed E-state index contributed by atoms with van der Waals surface area (Å²) in [5, 5.41) is 8.91. The van der Waals surface area contributed by atoms with Crippen LogP contribution in [-0.4, -0.2) is 15.6 Å². The van der Waals surface area contributed by atoms with Crippen molar-refractivity contribution in [3.8, 4) is 16.8 Å². The number of carboxylic acids is 1. The molecule has 3 aromatic rings. The van der Waals surface area contributed by atoms with Gasteiger partial charge in [-0.15, -0.1) is 0 Å². The van der Waals surface area contributed by atoms with Gasteiger partial charge >= 0.3 is 5.97 Å². The third-order valence-corrected chi connectivity index (χ3v) is 3.61. The number of aryl methyl sites for hydroxylation is 1. The van der Waals surface area contributed by atoms with E-state index in [2.05, 4.69) is 0 Å². The molecule has 0 fully saturated rings. The molecule has 0 saturated heterocycles. The summed E-state index contributed by atoms with van der Waals surface area (Å²) in [5.74, 6) is -1.18. The zero-order chi connectivity index (χ0) is 15.7. The van der Waals surface area contributed by atoms with Gasteiger partial charge in [0.1, 0.15) is 5.82 Å². The molecule has 1 aromatic heterocycles. The monoisotopic (exact) mass is 295 g/mol. The molecule has 0 bridgehead atoms. The molecular weight excluding hydrogens is 281 g/mol. The average molecular weight is 295 g/mol. The number of carbonyl (C=O) groups is 1. The Morgan fingerprint density at radius 3 is 2.41 bits per heavy atom. The molecule has 110 valence electrons. The molecule has 0 amide bonds. The van der Waals surface area contributed by atoms with Crippen LogP contribution < -0.4 is 0 Å². The van der Waals surface area contributed by atoms with Crippen molar-refractivity contribution in [2.45, 2.75) is 6.92 Å². The number of benzene rings is 2. The van der Waals surface area contributed by atoms with Crippen molar-refractivity contribution < 1.29 is 14.3 Å². The van der Waals surface area contributed by atoms with Crippen LogP contribution in [0.5, 0.6) is 0 Å². The summed E-state index contributed by atoms with van der Waals surface area (Å²) in [6.45, 7) is 1.73. The van der Waals surface area contributed by atoms with Crippen LogP contribution in [0, 0.1) is 12.7 Å². The van der Waals surface area contributed by atoms with Gasteiger partial charge in [0.05, 0.1) is 5.56 Å². The van der Waals surface area contributed by atoms with E-state index in [1.165, 1.54) is 6.07 Å². The van der Waals surface area contributed by atoms with Gasteiger partial charge in [0, 0.05) is 18.1 Å². The van der Waals surface area contributed by atoms with E-state index in [1.807, 2.05) is 29.1 Å². The van der Waals surface area contributed by atoms with Crippen molar-refractivity contribution in [1.82, 2.24) is 4.57 Å². The molecule has 0 spiro atoms. The van der Waals surface area contributed by atoms with Crippen molar-refractivity contribution in [2.75, 3.05) is 0 Å². The maximum absolute atomic E-state index is 13.6. The lowest BCUT2D eigenvalue weighted by Crippen LogP contribution is -1.94. The van der Waals surface area contributed by atoms with Crippen LogP contribution in [0.2, 0.25) is 0 Å². The van der Waals surface area contributed by atoms with Gasteiger partial charge in [0.25, 0.3) is 0 Å². The van der Waals surface area contributed by atoms with Gasteiger partial charge in [0.2, 0.25) is 0 Å². The highest BCUT2D eigenvalue weighted by Gasteiger charge is 2.06. The van der Waals surface area contributed by atoms with Crippen molar-refractivity contribution in [2.24, 2.45) is 0 Å². The SMILES string of the molecule is Cc1ccc(-n2ccc(-c3ccc(C(=O)O)cc3)c2)cc1F. The highest BCUT2D eigenvalue weighted by atomic mass is 19.1. The van der Waals surface area contributed by atoms with Crippen molar-refractivity contribution in [3.63, 3.8) is 0 Å². The summed E-state index contributed by atoms with van der Waals surface area (Å²) in [4.78, 5) is 10.9. The van der Waals surface area contributed by atoms with Gasteiger partial charge in [-0.25, -0.2) is 9.18 Å². The van der Waals surface area contributed by atoms with Gasteiger partial charge < -0.3 is 9.67 Å². The smallest absolute Gasteiger partial charge is 0.335 e. The molecular formula is C18H14FNO2. The second-order valence-electron chi connectivity index (χ2n) is 5.12. The number of hydrogen-bond donors (Lipinski definition) is 1. The molecule has 3 rings (SSSR count). The number of hydrogen-bond acceptors (Lipinski definition) is 1. The fourth-order valence-electron chi connectivity index (χ4n) is 2.28. The Labute approximate surface area is 127 Å². The van der Waals surface area contributed by atoms with Gasteiger partial charge in [-0.3, -0.25) is 0 Å². The molecule has 0 aliphatic heterocycles. The van der Waals surface area contributed by atoms with Crippen LogP contribution in [0.15, 0.2) is 60.9 Å². The van der Waals surface area contributed by atoms with E-state index in [0.29, 0.717) is 5.56 Å². The fourth-order valence-corrected chi connectivity index (χ4v) is 2.28. The molecule has 1 heterocycles. The van der Waals surface area contributed by atoms with Gasteiger partial charge in [0.15, 0.2) is 0 Å². The van der Waals surface area contributed by atoms with E-state index < -0.39 is 5.97 Å². The zero-order valence-electron chi connectivity index (χ0n) is 12.0. The Hall–Kier alpha value is -2.88. The number of nitrogens with zero attached hydrogens (tertiary/aromatic N) is 1. The first-order valence-corrected chi connectivity index (χ1v) is 6.83. The van der Waals surface area contributed by atoms with Crippen LogP contribution in [0.1, 0.15) is 15.9 Å². The molecule has 0 saturated carbocycles. The van der Waals surface area contributed by atoms with Crippen LogP contribution in [0.3, 0.4) is 0 Å². The second-order valence-corrected chi connectivity index (χ2v) is 5.12. The van der Waals surface area contributed by atoms with Crippen LogP contribution in [-0.2, 0) is 0 Å².